The Bertz CT molecular complexity index is 258. The van der Waals surface area contributed by atoms with E-state index >= 15 is 0 Å². The quantitative estimate of drug-likeness (QED) is 0.560. The Balaban J connectivity index is 2.19. The van der Waals surface area contributed by atoms with Gasteiger partial charge in [0.2, 0.25) is 0 Å². The summed E-state index contributed by atoms with van der Waals surface area (Å²) in [5.74, 6) is 2.64. The van der Waals surface area contributed by atoms with Gasteiger partial charge in [0.25, 0.3) is 0 Å². The first-order valence-electron chi connectivity index (χ1n) is 4.55. The number of thiophene rings is 1. The molecule has 1 rings (SSSR count). The fourth-order valence-corrected chi connectivity index (χ4v) is 1.91. The molecule has 0 saturated carbocycles. The van der Waals surface area contributed by atoms with Gasteiger partial charge in [-0.1, -0.05) is 6.07 Å². The molecule has 2 heteroatoms. The van der Waals surface area contributed by atoms with Crippen LogP contribution in [0.25, 0.3) is 0 Å². The molecule has 0 aliphatic carbocycles. The van der Waals surface area contributed by atoms with Crippen LogP contribution in [0.4, 0.5) is 0 Å². The van der Waals surface area contributed by atoms with Crippen LogP contribution in [0.3, 0.4) is 0 Å². The molecule has 0 aliphatic heterocycles. The van der Waals surface area contributed by atoms with Crippen molar-refractivity contribution in [3.63, 3.8) is 0 Å². The van der Waals surface area contributed by atoms with E-state index in [-0.39, 0.29) is 0 Å². The molecular formula is C11H15NS. The maximum Gasteiger partial charge on any atom is 0.0386 e. The van der Waals surface area contributed by atoms with Crippen LogP contribution in [0.15, 0.2) is 17.5 Å². The SMILES string of the molecule is C#CCCCNC(C)c1cccs1. The number of hydrogen-bond donors (Lipinski definition) is 1. The third kappa shape index (κ3) is 3.63. The summed E-state index contributed by atoms with van der Waals surface area (Å²) in [7, 11) is 0. The van der Waals surface area contributed by atoms with Crippen molar-refractivity contribution in [3.05, 3.63) is 22.4 Å². The van der Waals surface area contributed by atoms with E-state index in [0.717, 1.165) is 19.4 Å². The molecule has 1 nitrogen and oxygen atoms in total. The van der Waals surface area contributed by atoms with Crippen LogP contribution in [-0.4, -0.2) is 6.54 Å². The third-order valence-electron chi connectivity index (χ3n) is 1.92. The number of rotatable bonds is 5. The van der Waals surface area contributed by atoms with Gasteiger partial charge >= 0.3 is 0 Å². The molecule has 0 saturated heterocycles. The molecule has 1 atom stereocenters. The van der Waals surface area contributed by atoms with Crippen molar-refractivity contribution < 1.29 is 0 Å². The van der Waals surface area contributed by atoms with E-state index in [4.69, 9.17) is 6.42 Å². The zero-order chi connectivity index (χ0) is 9.52. The molecule has 0 amide bonds. The molecule has 1 aromatic rings. The van der Waals surface area contributed by atoms with E-state index in [9.17, 15) is 0 Å². The molecule has 13 heavy (non-hydrogen) atoms. The predicted molar refractivity (Wildman–Crippen MR) is 58.8 cm³/mol. The molecule has 0 aromatic carbocycles. The largest absolute Gasteiger partial charge is 0.309 e. The van der Waals surface area contributed by atoms with Gasteiger partial charge in [-0.3, -0.25) is 0 Å². The predicted octanol–water partition coefficient (Wildman–Crippen LogP) is 2.81. The van der Waals surface area contributed by atoms with Crippen LogP contribution in [0.1, 0.15) is 30.7 Å². The number of unbranched alkanes of at least 4 members (excludes halogenated alkanes) is 1. The molecule has 1 unspecified atom stereocenters. The summed E-state index contributed by atoms with van der Waals surface area (Å²) in [6.07, 6.45) is 7.09. The minimum Gasteiger partial charge on any atom is -0.309 e. The van der Waals surface area contributed by atoms with Crippen LogP contribution in [0, 0.1) is 12.3 Å². The molecule has 0 bridgehead atoms. The van der Waals surface area contributed by atoms with Gasteiger partial charge in [-0.2, -0.15) is 0 Å². The van der Waals surface area contributed by atoms with Crippen molar-refractivity contribution in [2.75, 3.05) is 6.54 Å². The molecular weight excluding hydrogens is 178 g/mol. The van der Waals surface area contributed by atoms with E-state index in [1.807, 2.05) is 0 Å². The minimum absolute atomic E-state index is 0.456. The molecule has 70 valence electrons. The smallest absolute Gasteiger partial charge is 0.0386 e. The maximum atomic E-state index is 5.16. The highest BCUT2D eigenvalue weighted by Crippen LogP contribution is 2.17. The van der Waals surface area contributed by atoms with Crippen molar-refractivity contribution in [2.24, 2.45) is 0 Å². The normalized spacial score (nSPS) is 12.3. The third-order valence-corrected chi connectivity index (χ3v) is 2.97. The highest BCUT2D eigenvalue weighted by molar-refractivity contribution is 7.10. The lowest BCUT2D eigenvalue weighted by Crippen LogP contribution is -2.18. The van der Waals surface area contributed by atoms with Crippen molar-refractivity contribution in [1.29, 1.82) is 0 Å². The lowest BCUT2D eigenvalue weighted by atomic mass is 10.2. The second-order valence-electron chi connectivity index (χ2n) is 3.00. The van der Waals surface area contributed by atoms with Crippen LogP contribution < -0.4 is 5.32 Å². The van der Waals surface area contributed by atoms with Gasteiger partial charge in [-0.25, -0.2) is 0 Å². The first-order chi connectivity index (χ1) is 6.34. The summed E-state index contributed by atoms with van der Waals surface area (Å²) in [4.78, 5) is 1.39. The summed E-state index contributed by atoms with van der Waals surface area (Å²) in [5, 5.41) is 5.54. The topological polar surface area (TPSA) is 12.0 Å². The fraction of sp³-hybridized carbons (Fsp3) is 0.455. The summed E-state index contributed by atoms with van der Waals surface area (Å²) in [5.41, 5.74) is 0. The van der Waals surface area contributed by atoms with Gasteiger partial charge in [-0.15, -0.1) is 23.7 Å². The van der Waals surface area contributed by atoms with Gasteiger partial charge in [0, 0.05) is 17.3 Å². The van der Waals surface area contributed by atoms with E-state index < -0.39 is 0 Å². The highest BCUT2D eigenvalue weighted by Gasteiger charge is 2.03. The van der Waals surface area contributed by atoms with Gasteiger partial charge in [0.15, 0.2) is 0 Å². The molecule has 0 radical (unpaired) electrons. The standard InChI is InChI=1S/C11H15NS/c1-3-4-5-8-12-10(2)11-7-6-9-13-11/h1,6-7,9-10,12H,4-5,8H2,2H3. The molecule has 0 fully saturated rings. The number of hydrogen-bond acceptors (Lipinski definition) is 2. The lowest BCUT2D eigenvalue weighted by Gasteiger charge is -2.10. The number of nitrogens with one attached hydrogen (secondary N) is 1. The Kier molecular flexibility index (Phi) is 4.59. The highest BCUT2D eigenvalue weighted by atomic mass is 32.1. The van der Waals surface area contributed by atoms with Gasteiger partial charge in [-0.05, 0) is 31.3 Å². The Morgan fingerprint density at radius 3 is 3.15 bits per heavy atom. The van der Waals surface area contributed by atoms with E-state index in [1.165, 1.54) is 4.88 Å². The molecule has 1 aromatic heterocycles. The lowest BCUT2D eigenvalue weighted by molar-refractivity contribution is 0.570. The first kappa shape index (κ1) is 10.3. The monoisotopic (exact) mass is 193 g/mol. The number of terminal acetylenes is 1. The summed E-state index contributed by atoms with van der Waals surface area (Å²) >= 11 is 1.79. The summed E-state index contributed by atoms with van der Waals surface area (Å²) < 4.78 is 0. The zero-order valence-electron chi connectivity index (χ0n) is 7.92. The Labute approximate surface area is 84.2 Å². The van der Waals surface area contributed by atoms with E-state index in [1.54, 1.807) is 11.3 Å². The second-order valence-corrected chi connectivity index (χ2v) is 3.98. The molecule has 0 aliphatic rings. The Morgan fingerprint density at radius 1 is 1.69 bits per heavy atom. The van der Waals surface area contributed by atoms with E-state index in [0.29, 0.717) is 6.04 Å². The zero-order valence-corrected chi connectivity index (χ0v) is 8.73. The second kappa shape index (κ2) is 5.80. The van der Waals surface area contributed by atoms with E-state index in [2.05, 4.69) is 35.7 Å². The average Bonchev–Trinajstić information content (AvgIpc) is 2.65. The van der Waals surface area contributed by atoms with Crippen LogP contribution in [0.5, 0.6) is 0 Å². The summed E-state index contributed by atoms with van der Waals surface area (Å²) in [6, 6.07) is 4.70. The average molecular weight is 193 g/mol. The van der Waals surface area contributed by atoms with Crippen molar-refractivity contribution in [1.82, 2.24) is 5.32 Å². The Hall–Kier alpha value is -0.780. The first-order valence-corrected chi connectivity index (χ1v) is 5.43. The Morgan fingerprint density at radius 2 is 2.54 bits per heavy atom. The summed E-state index contributed by atoms with van der Waals surface area (Å²) in [6.45, 7) is 3.19. The van der Waals surface area contributed by atoms with Crippen molar-refractivity contribution in [2.45, 2.75) is 25.8 Å². The molecule has 1 N–H and O–H groups in total. The van der Waals surface area contributed by atoms with Crippen LogP contribution in [0.2, 0.25) is 0 Å². The fourth-order valence-electron chi connectivity index (χ4n) is 1.15. The van der Waals surface area contributed by atoms with Gasteiger partial charge < -0.3 is 5.32 Å². The molecule has 1 heterocycles. The molecule has 0 spiro atoms. The van der Waals surface area contributed by atoms with Crippen molar-refractivity contribution in [3.8, 4) is 12.3 Å². The van der Waals surface area contributed by atoms with Gasteiger partial charge in [0.05, 0.1) is 0 Å². The van der Waals surface area contributed by atoms with Crippen molar-refractivity contribution >= 4 is 11.3 Å². The van der Waals surface area contributed by atoms with Crippen LogP contribution >= 0.6 is 11.3 Å². The van der Waals surface area contributed by atoms with Gasteiger partial charge in [0.1, 0.15) is 0 Å². The minimum atomic E-state index is 0.456. The maximum absolute atomic E-state index is 5.16. The van der Waals surface area contributed by atoms with Crippen LogP contribution in [-0.2, 0) is 0 Å².